The average Bonchev–Trinajstić information content (AvgIpc) is 2.78. The van der Waals surface area contributed by atoms with E-state index in [0.717, 1.165) is 0 Å². The van der Waals surface area contributed by atoms with Crippen molar-refractivity contribution in [1.82, 2.24) is 0 Å². The second-order valence-corrected chi connectivity index (χ2v) is 7.45. The van der Waals surface area contributed by atoms with Gasteiger partial charge in [0.05, 0.1) is 20.8 Å². The second kappa shape index (κ2) is 9.72. The highest BCUT2D eigenvalue weighted by atomic mass is 16.5. The van der Waals surface area contributed by atoms with Crippen molar-refractivity contribution in [3.63, 3.8) is 0 Å². The van der Waals surface area contributed by atoms with E-state index in [1.807, 2.05) is 0 Å². The van der Waals surface area contributed by atoms with E-state index in [-0.39, 0.29) is 23.5 Å². The molecule has 10 heteroatoms. The van der Waals surface area contributed by atoms with E-state index in [1.165, 1.54) is 32.4 Å². The number of hydrogen-bond donors (Lipinski definition) is 6. The highest BCUT2D eigenvalue weighted by molar-refractivity contribution is 5.91. The van der Waals surface area contributed by atoms with Gasteiger partial charge in [-0.05, 0) is 23.8 Å². The molecule has 32 heavy (non-hydrogen) atoms. The Bertz CT molecular complexity index is 973. The Labute approximate surface area is 183 Å². The molecule has 1 aliphatic heterocycles. The topological polar surface area (TPSA) is 166 Å². The number of aliphatic hydroxyl groups is 4. The maximum absolute atomic E-state index is 11.3. The van der Waals surface area contributed by atoms with Crippen LogP contribution in [0.3, 0.4) is 0 Å². The summed E-state index contributed by atoms with van der Waals surface area (Å²) in [6, 6.07) is 7.51. The number of para-hydroxylation sites is 1. The first-order valence-electron chi connectivity index (χ1n) is 9.82. The zero-order chi connectivity index (χ0) is 23.6. The zero-order valence-electron chi connectivity index (χ0n) is 17.5. The van der Waals surface area contributed by atoms with E-state index in [2.05, 4.69) is 0 Å². The highest BCUT2D eigenvalue weighted by Crippen LogP contribution is 2.41. The molecule has 0 aliphatic carbocycles. The van der Waals surface area contributed by atoms with E-state index >= 15 is 0 Å². The molecule has 0 aromatic heterocycles. The summed E-state index contributed by atoms with van der Waals surface area (Å²) in [6.07, 6.45) is -6.67. The minimum absolute atomic E-state index is 0.113. The fraction of sp³-hybridized carbons (Fsp3) is 0.409. The van der Waals surface area contributed by atoms with Crippen LogP contribution in [0.25, 0.3) is 0 Å². The molecule has 2 aromatic carbocycles. The number of aromatic hydroxyl groups is 1. The van der Waals surface area contributed by atoms with Crippen LogP contribution >= 0.6 is 0 Å². The first-order chi connectivity index (χ1) is 15.2. The van der Waals surface area contributed by atoms with Gasteiger partial charge in [-0.25, -0.2) is 4.79 Å². The van der Waals surface area contributed by atoms with Crippen molar-refractivity contribution in [2.24, 2.45) is 0 Å². The Morgan fingerprint density at radius 3 is 2.28 bits per heavy atom. The second-order valence-electron chi connectivity index (χ2n) is 7.45. The van der Waals surface area contributed by atoms with E-state index in [9.17, 15) is 35.4 Å². The van der Waals surface area contributed by atoms with Crippen molar-refractivity contribution in [2.45, 2.75) is 36.9 Å². The molecule has 1 heterocycles. The minimum atomic E-state index is -1.56. The molecule has 0 saturated carbocycles. The number of hydrogen-bond acceptors (Lipinski definition) is 9. The molecule has 0 radical (unpaired) electrons. The van der Waals surface area contributed by atoms with Crippen LogP contribution in [-0.2, 0) is 11.2 Å². The highest BCUT2D eigenvalue weighted by Gasteiger charge is 2.45. The summed E-state index contributed by atoms with van der Waals surface area (Å²) in [6.45, 7) is -0.571. The number of carboxylic acid groups (broad SMARTS) is 1. The van der Waals surface area contributed by atoms with Crippen molar-refractivity contribution in [3.8, 4) is 17.2 Å². The van der Waals surface area contributed by atoms with Crippen LogP contribution in [0, 0.1) is 0 Å². The fourth-order valence-corrected chi connectivity index (χ4v) is 3.82. The number of carboxylic acids is 1. The molecule has 3 rings (SSSR count). The SMILES string of the molecule is COc1cc([C@@H]2O[C@H](CO)[C@H](O)[C@H](O)[C@H]2O)c(OC)cc1Cc1cccc(C(=O)O)c1O. The lowest BCUT2D eigenvalue weighted by atomic mass is 9.89. The molecule has 1 saturated heterocycles. The lowest BCUT2D eigenvalue weighted by Crippen LogP contribution is -2.55. The number of carbonyl (C=O) groups is 1. The molecule has 2 aromatic rings. The summed E-state index contributed by atoms with van der Waals surface area (Å²) < 4.78 is 16.5. The predicted molar refractivity (Wildman–Crippen MR) is 110 cm³/mol. The largest absolute Gasteiger partial charge is 0.507 e. The van der Waals surface area contributed by atoms with Gasteiger partial charge in [-0.15, -0.1) is 0 Å². The molecule has 1 fully saturated rings. The monoisotopic (exact) mass is 450 g/mol. The standard InChI is InChI=1S/C22H26O10/c1-30-14-8-13(21-20(27)19(26)18(25)16(9-23)32-21)15(31-2)7-11(14)6-10-4-3-5-12(17(10)24)22(28)29/h3-5,7-8,16,18-21,23-27H,6,9H2,1-2H3,(H,28,29)/t16-,18+,19+,20-,21+/m1/s1. The number of aromatic carboxylic acids is 1. The molecule has 5 atom stereocenters. The molecule has 1 aliphatic rings. The fourth-order valence-electron chi connectivity index (χ4n) is 3.82. The third-order valence-corrected chi connectivity index (χ3v) is 5.56. The van der Waals surface area contributed by atoms with Crippen LogP contribution in [0.15, 0.2) is 30.3 Å². The first kappa shape index (κ1) is 23.8. The van der Waals surface area contributed by atoms with Crippen molar-refractivity contribution in [3.05, 3.63) is 52.6 Å². The summed E-state index contributed by atoms with van der Waals surface area (Å²) in [5, 5.41) is 59.7. The van der Waals surface area contributed by atoms with Gasteiger partial charge in [0.1, 0.15) is 53.3 Å². The van der Waals surface area contributed by atoms with Gasteiger partial charge in [-0.2, -0.15) is 0 Å². The van der Waals surface area contributed by atoms with Crippen molar-refractivity contribution < 1.29 is 49.6 Å². The van der Waals surface area contributed by atoms with Crippen molar-refractivity contribution in [2.75, 3.05) is 20.8 Å². The normalized spacial score (nSPS) is 25.4. The first-order valence-corrected chi connectivity index (χ1v) is 9.82. The number of phenols is 1. The van der Waals surface area contributed by atoms with Crippen LogP contribution in [-0.4, -0.2) is 81.9 Å². The smallest absolute Gasteiger partial charge is 0.339 e. The maximum atomic E-state index is 11.3. The Morgan fingerprint density at radius 2 is 1.69 bits per heavy atom. The molecular formula is C22H26O10. The van der Waals surface area contributed by atoms with Crippen LogP contribution in [0.1, 0.15) is 33.2 Å². The third-order valence-electron chi connectivity index (χ3n) is 5.56. The van der Waals surface area contributed by atoms with Gasteiger partial charge >= 0.3 is 5.97 Å². The number of rotatable bonds is 7. The Balaban J connectivity index is 2.03. The van der Waals surface area contributed by atoms with Gasteiger partial charge in [0.25, 0.3) is 0 Å². The zero-order valence-corrected chi connectivity index (χ0v) is 17.5. The molecule has 174 valence electrons. The summed E-state index contributed by atoms with van der Waals surface area (Å²) in [5.74, 6) is -1.03. The lowest BCUT2D eigenvalue weighted by molar-refractivity contribution is -0.232. The summed E-state index contributed by atoms with van der Waals surface area (Å²) in [7, 11) is 2.80. The van der Waals surface area contributed by atoms with Gasteiger partial charge in [-0.1, -0.05) is 12.1 Å². The van der Waals surface area contributed by atoms with Gasteiger partial charge in [-0.3, -0.25) is 0 Å². The lowest BCUT2D eigenvalue weighted by Gasteiger charge is -2.40. The van der Waals surface area contributed by atoms with Crippen LogP contribution in [0.2, 0.25) is 0 Å². The molecule has 0 bridgehead atoms. The molecule has 0 unspecified atom stereocenters. The molecule has 10 nitrogen and oxygen atoms in total. The van der Waals surface area contributed by atoms with Crippen LogP contribution in [0.5, 0.6) is 17.2 Å². The summed E-state index contributed by atoms with van der Waals surface area (Å²) >= 11 is 0. The van der Waals surface area contributed by atoms with Crippen molar-refractivity contribution in [1.29, 1.82) is 0 Å². The number of ether oxygens (including phenoxy) is 3. The molecular weight excluding hydrogens is 424 g/mol. The molecule has 6 N–H and O–H groups in total. The number of methoxy groups -OCH3 is 2. The van der Waals surface area contributed by atoms with Gasteiger partial charge in [0.15, 0.2) is 0 Å². The van der Waals surface area contributed by atoms with Gasteiger partial charge in [0, 0.05) is 17.5 Å². The Kier molecular flexibility index (Phi) is 7.22. The van der Waals surface area contributed by atoms with E-state index in [4.69, 9.17) is 14.2 Å². The number of aliphatic hydroxyl groups excluding tert-OH is 4. The quantitative estimate of drug-likeness (QED) is 0.343. The van der Waals surface area contributed by atoms with Gasteiger partial charge < -0.3 is 44.8 Å². The van der Waals surface area contributed by atoms with Crippen LogP contribution in [0.4, 0.5) is 0 Å². The Morgan fingerprint density at radius 1 is 1.00 bits per heavy atom. The van der Waals surface area contributed by atoms with E-state index in [1.54, 1.807) is 12.1 Å². The van der Waals surface area contributed by atoms with E-state index in [0.29, 0.717) is 22.4 Å². The maximum Gasteiger partial charge on any atom is 0.339 e. The predicted octanol–water partition coefficient (Wildman–Crippen LogP) is 0.213. The number of benzene rings is 2. The van der Waals surface area contributed by atoms with E-state index < -0.39 is 43.1 Å². The molecule has 0 spiro atoms. The molecule has 0 amide bonds. The Hall–Kier alpha value is -2.89. The van der Waals surface area contributed by atoms with Crippen LogP contribution < -0.4 is 9.47 Å². The third kappa shape index (κ3) is 4.36. The van der Waals surface area contributed by atoms with Gasteiger partial charge in [0.2, 0.25) is 0 Å². The summed E-state index contributed by atoms with van der Waals surface area (Å²) in [5.41, 5.74) is 0.987. The average molecular weight is 450 g/mol. The minimum Gasteiger partial charge on any atom is -0.507 e. The summed E-state index contributed by atoms with van der Waals surface area (Å²) in [4.78, 5) is 11.3. The van der Waals surface area contributed by atoms with Crippen molar-refractivity contribution >= 4 is 5.97 Å².